The first-order valence-corrected chi connectivity index (χ1v) is 6.82. The monoisotopic (exact) mass is 313 g/mol. The van der Waals surface area contributed by atoms with Gasteiger partial charge in [-0.05, 0) is 55.5 Å². The van der Waals surface area contributed by atoms with Gasteiger partial charge in [-0.2, -0.15) is 0 Å². The fourth-order valence-corrected chi connectivity index (χ4v) is 2.57. The van der Waals surface area contributed by atoms with Crippen LogP contribution in [0.2, 0.25) is 0 Å². The number of Topliss-reactive ketones (excluding diaryl/α,β-unsaturated/α-hetero) is 1. The van der Waals surface area contributed by atoms with Crippen LogP contribution in [0.25, 0.3) is 16.6 Å². The van der Waals surface area contributed by atoms with E-state index in [1.165, 1.54) is 5.39 Å². The van der Waals surface area contributed by atoms with Gasteiger partial charge in [0.05, 0.1) is 5.52 Å². The Morgan fingerprint density at radius 1 is 1.05 bits per heavy atom. The lowest BCUT2D eigenvalue weighted by molar-refractivity contribution is 0.101. The number of rotatable bonds is 2. The summed E-state index contributed by atoms with van der Waals surface area (Å²) in [6.45, 7) is 1.58. The van der Waals surface area contributed by atoms with Crippen LogP contribution in [0.15, 0.2) is 59.2 Å². The van der Waals surface area contributed by atoms with Gasteiger partial charge in [-0.3, -0.25) is 4.79 Å². The molecule has 0 amide bonds. The summed E-state index contributed by atoms with van der Waals surface area (Å²) in [7, 11) is 0. The number of halogens is 1. The normalized spacial score (nSPS) is 10.8. The minimum absolute atomic E-state index is 0.0906. The van der Waals surface area contributed by atoms with E-state index in [9.17, 15) is 4.79 Å². The van der Waals surface area contributed by atoms with Gasteiger partial charge in [0, 0.05) is 27.3 Å². The molecular formula is C16H12BrNO. The first-order valence-electron chi connectivity index (χ1n) is 6.03. The predicted octanol–water partition coefficient (Wildman–Crippen LogP) is 4.60. The van der Waals surface area contributed by atoms with Crippen LogP contribution in [-0.4, -0.2) is 10.4 Å². The Labute approximate surface area is 119 Å². The molecule has 1 aromatic heterocycles. The summed E-state index contributed by atoms with van der Waals surface area (Å²) in [5, 5.41) is 1.19. The van der Waals surface area contributed by atoms with E-state index < -0.39 is 0 Å². The van der Waals surface area contributed by atoms with Crippen molar-refractivity contribution in [2.45, 2.75) is 6.92 Å². The van der Waals surface area contributed by atoms with E-state index in [2.05, 4.69) is 38.7 Å². The summed E-state index contributed by atoms with van der Waals surface area (Å²) in [5.41, 5.74) is 2.95. The Morgan fingerprint density at radius 3 is 2.47 bits per heavy atom. The zero-order valence-corrected chi connectivity index (χ0v) is 12.0. The Balaban J connectivity index is 2.11. The number of hydrogen-bond acceptors (Lipinski definition) is 1. The summed E-state index contributed by atoms with van der Waals surface area (Å²) in [6.07, 6.45) is 2.04. The predicted molar refractivity (Wildman–Crippen MR) is 81.0 cm³/mol. The first-order chi connectivity index (χ1) is 9.15. The Bertz CT molecular complexity index is 756. The lowest BCUT2D eigenvalue weighted by atomic mass is 10.1. The number of carbonyl (C=O) groups excluding carboxylic acids is 1. The molecule has 0 radical (unpaired) electrons. The second kappa shape index (κ2) is 4.67. The smallest absolute Gasteiger partial charge is 0.159 e. The molecule has 3 aromatic rings. The summed E-state index contributed by atoms with van der Waals surface area (Å²) in [4.78, 5) is 11.3. The molecule has 2 aromatic carbocycles. The molecule has 0 atom stereocenters. The van der Waals surface area contributed by atoms with E-state index >= 15 is 0 Å². The zero-order chi connectivity index (χ0) is 13.4. The SMILES string of the molecule is CC(=O)c1ccc(-n2ccc3cc(Br)ccc32)cc1. The molecule has 1 heterocycles. The second-order valence-electron chi connectivity index (χ2n) is 4.49. The molecule has 0 spiro atoms. The molecule has 3 heteroatoms. The Kier molecular flexibility index (Phi) is 2.99. The van der Waals surface area contributed by atoms with Gasteiger partial charge in [0.1, 0.15) is 0 Å². The maximum atomic E-state index is 11.3. The quantitative estimate of drug-likeness (QED) is 0.634. The molecule has 3 rings (SSSR count). The van der Waals surface area contributed by atoms with Gasteiger partial charge in [-0.25, -0.2) is 0 Å². The molecule has 0 bridgehead atoms. The maximum Gasteiger partial charge on any atom is 0.159 e. The Hall–Kier alpha value is -1.87. The molecule has 94 valence electrons. The number of nitrogens with zero attached hydrogens (tertiary/aromatic N) is 1. The summed E-state index contributed by atoms with van der Waals surface area (Å²) < 4.78 is 3.19. The van der Waals surface area contributed by atoms with E-state index in [1.807, 2.05) is 36.5 Å². The van der Waals surface area contributed by atoms with E-state index in [0.29, 0.717) is 0 Å². The van der Waals surface area contributed by atoms with Crippen molar-refractivity contribution in [3.63, 3.8) is 0 Å². The molecule has 19 heavy (non-hydrogen) atoms. The highest BCUT2D eigenvalue weighted by atomic mass is 79.9. The van der Waals surface area contributed by atoms with Gasteiger partial charge in [-0.15, -0.1) is 0 Å². The molecule has 0 aliphatic heterocycles. The van der Waals surface area contributed by atoms with E-state index in [-0.39, 0.29) is 5.78 Å². The van der Waals surface area contributed by atoms with Crippen LogP contribution in [0.3, 0.4) is 0 Å². The highest BCUT2D eigenvalue weighted by Crippen LogP contribution is 2.24. The number of fused-ring (bicyclic) bond motifs is 1. The minimum atomic E-state index is 0.0906. The zero-order valence-electron chi connectivity index (χ0n) is 10.4. The first kappa shape index (κ1) is 12.2. The van der Waals surface area contributed by atoms with Gasteiger partial charge in [0.2, 0.25) is 0 Å². The Morgan fingerprint density at radius 2 is 1.79 bits per heavy atom. The molecule has 0 aliphatic rings. The number of aromatic nitrogens is 1. The molecular weight excluding hydrogens is 302 g/mol. The van der Waals surface area contributed by atoms with Crippen molar-refractivity contribution in [2.75, 3.05) is 0 Å². The average Bonchev–Trinajstić information content (AvgIpc) is 2.81. The second-order valence-corrected chi connectivity index (χ2v) is 5.41. The topological polar surface area (TPSA) is 22.0 Å². The van der Waals surface area contributed by atoms with E-state index in [1.54, 1.807) is 6.92 Å². The van der Waals surface area contributed by atoms with Crippen molar-refractivity contribution in [1.29, 1.82) is 0 Å². The molecule has 0 aliphatic carbocycles. The van der Waals surface area contributed by atoms with Crippen LogP contribution < -0.4 is 0 Å². The van der Waals surface area contributed by atoms with Crippen molar-refractivity contribution in [1.82, 2.24) is 4.57 Å². The lowest BCUT2D eigenvalue weighted by Crippen LogP contribution is -1.95. The summed E-state index contributed by atoms with van der Waals surface area (Å²) in [6, 6.07) is 16.0. The van der Waals surface area contributed by atoms with Gasteiger partial charge >= 0.3 is 0 Å². The fourth-order valence-electron chi connectivity index (χ4n) is 2.20. The summed E-state index contributed by atoms with van der Waals surface area (Å²) in [5.74, 6) is 0.0906. The van der Waals surface area contributed by atoms with Gasteiger partial charge < -0.3 is 4.57 Å². The van der Waals surface area contributed by atoms with E-state index in [4.69, 9.17) is 0 Å². The number of benzene rings is 2. The van der Waals surface area contributed by atoms with E-state index in [0.717, 1.165) is 21.2 Å². The third kappa shape index (κ3) is 2.22. The third-order valence-electron chi connectivity index (χ3n) is 3.20. The van der Waals surface area contributed by atoms with Crippen molar-refractivity contribution in [3.05, 3.63) is 64.8 Å². The van der Waals surface area contributed by atoms with Crippen LogP contribution in [0, 0.1) is 0 Å². The van der Waals surface area contributed by atoms with Crippen molar-refractivity contribution < 1.29 is 4.79 Å². The minimum Gasteiger partial charge on any atom is -0.317 e. The molecule has 0 saturated carbocycles. The molecule has 0 unspecified atom stereocenters. The van der Waals surface area contributed by atoms with Crippen molar-refractivity contribution >= 4 is 32.6 Å². The fraction of sp³-hybridized carbons (Fsp3) is 0.0625. The van der Waals surface area contributed by atoms with Crippen molar-refractivity contribution in [2.24, 2.45) is 0 Å². The standard InChI is InChI=1S/C16H12BrNO/c1-11(19)12-2-5-15(6-3-12)18-9-8-13-10-14(17)4-7-16(13)18/h2-10H,1H3. The van der Waals surface area contributed by atoms with Gasteiger partial charge in [0.25, 0.3) is 0 Å². The highest BCUT2D eigenvalue weighted by Gasteiger charge is 2.04. The van der Waals surface area contributed by atoms with Crippen molar-refractivity contribution in [3.8, 4) is 5.69 Å². The molecule has 0 saturated heterocycles. The van der Waals surface area contributed by atoms with Crippen LogP contribution in [0.5, 0.6) is 0 Å². The molecule has 0 N–H and O–H groups in total. The van der Waals surface area contributed by atoms with Gasteiger partial charge in [0.15, 0.2) is 5.78 Å². The number of ketones is 1. The molecule has 0 fully saturated rings. The average molecular weight is 314 g/mol. The van der Waals surface area contributed by atoms with Gasteiger partial charge in [-0.1, -0.05) is 15.9 Å². The third-order valence-corrected chi connectivity index (χ3v) is 3.70. The van der Waals surface area contributed by atoms with Crippen LogP contribution in [0.4, 0.5) is 0 Å². The highest BCUT2D eigenvalue weighted by molar-refractivity contribution is 9.10. The molecule has 2 nitrogen and oxygen atoms in total. The lowest BCUT2D eigenvalue weighted by Gasteiger charge is -2.06. The van der Waals surface area contributed by atoms with Crippen LogP contribution in [-0.2, 0) is 0 Å². The summed E-state index contributed by atoms with van der Waals surface area (Å²) >= 11 is 3.48. The number of carbonyl (C=O) groups is 1. The largest absolute Gasteiger partial charge is 0.317 e. The number of hydrogen-bond donors (Lipinski definition) is 0. The van der Waals surface area contributed by atoms with Crippen LogP contribution >= 0.6 is 15.9 Å². The van der Waals surface area contributed by atoms with Crippen LogP contribution in [0.1, 0.15) is 17.3 Å². The maximum absolute atomic E-state index is 11.3.